The number of carbonyl (C=O) groups excluding carboxylic acids is 1. The number of aromatic nitrogens is 1. The highest BCUT2D eigenvalue weighted by atomic mass is 35.5. The van der Waals surface area contributed by atoms with E-state index >= 15 is 0 Å². The fourth-order valence-corrected chi connectivity index (χ4v) is 3.98. The lowest BCUT2D eigenvalue weighted by Gasteiger charge is -2.13. The fraction of sp³-hybridized carbons (Fsp3) is 0.0435. The Hall–Kier alpha value is -3.42. The van der Waals surface area contributed by atoms with Crippen LogP contribution >= 0.6 is 11.6 Å². The largest absolute Gasteiger partial charge is 0.444 e. The van der Waals surface area contributed by atoms with Crippen LogP contribution < -0.4 is 5.32 Å². The van der Waals surface area contributed by atoms with Crippen molar-refractivity contribution in [2.45, 2.75) is 4.90 Å². The summed E-state index contributed by atoms with van der Waals surface area (Å²) in [4.78, 5) is 17.4. The second-order valence-electron chi connectivity index (χ2n) is 6.83. The van der Waals surface area contributed by atoms with Crippen LogP contribution in [-0.2, 0) is 9.84 Å². The second-order valence-corrected chi connectivity index (χ2v) is 9.25. The minimum Gasteiger partial charge on any atom is -0.444 e. The molecule has 0 aliphatic heterocycles. The van der Waals surface area contributed by atoms with E-state index in [2.05, 4.69) is 10.3 Å². The molecule has 1 aromatic heterocycles. The molecule has 1 N–H and O–H groups in total. The first-order valence-corrected chi connectivity index (χ1v) is 11.5. The maximum absolute atomic E-state index is 13.1. The molecule has 0 aliphatic carbocycles. The van der Waals surface area contributed by atoms with Gasteiger partial charge < -0.3 is 9.73 Å². The van der Waals surface area contributed by atoms with E-state index in [0.717, 1.165) is 11.8 Å². The number of nitrogens with one attached hydrogen (secondary N) is 1. The molecule has 4 aromatic rings. The number of oxazole rings is 1. The van der Waals surface area contributed by atoms with E-state index in [-0.39, 0.29) is 10.8 Å². The summed E-state index contributed by atoms with van der Waals surface area (Å²) in [6.45, 7) is 0. The lowest BCUT2D eigenvalue weighted by Crippen LogP contribution is -2.14. The summed E-state index contributed by atoms with van der Waals surface area (Å²) in [5.41, 5.74) is 2.62. The van der Waals surface area contributed by atoms with E-state index < -0.39 is 9.84 Å². The minimum atomic E-state index is -3.43. The van der Waals surface area contributed by atoms with Crippen LogP contribution in [0.15, 0.2) is 88.5 Å². The zero-order valence-corrected chi connectivity index (χ0v) is 17.9. The van der Waals surface area contributed by atoms with E-state index in [4.69, 9.17) is 16.0 Å². The highest BCUT2D eigenvalue weighted by Crippen LogP contribution is 2.31. The van der Waals surface area contributed by atoms with Crippen LogP contribution in [0, 0.1) is 0 Å². The number of benzene rings is 3. The Labute approximate surface area is 184 Å². The van der Waals surface area contributed by atoms with E-state index in [9.17, 15) is 13.2 Å². The molecule has 0 saturated carbocycles. The Balaban J connectivity index is 1.73. The van der Waals surface area contributed by atoms with Gasteiger partial charge in [0.2, 0.25) is 5.89 Å². The van der Waals surface area contributed by atoms with Crippen molar-refractivity contribution in [1.29, 1.82) is 0 Å². The van der Waals surface area contributed by atoms with Crippen LogP contribution in [0.2, 0.25) is 5.02 Å². The predicted octanol–water partition coefficient (Wildman–Crippen LogP) is 5.32. The summed E-state index contributed by atoms with van der Waals surface area (Å²) in [6.07, 6.45) is 4.08. The first-order chi connectivity index (χ1) is 14.8. The van der Waals surface area contributed by atoms with Gasteiger partial charge in [0, 0.05) is 17.5 Å². The second kappa shape index (κ2) is 8.37. The first kappa shape index (κ1) is 20.8. The number of rotatable bonds is 5. The molecule has 8 heteroatoms. The number of halogens is 1. The Kier molecular flexibility index (Phi) is 5.63. The summed E-state index contributed by atoms with van der Waals surface area (Å²) in [6, 6.07) is 18.6. The first-order valence-electron chi connectivity index (χ1n) is 9.23. The summed E-state index contributed by atoms with van der Waals surface area (Å²) in [7, 11) is -3.43. The Morgan fingerprint density at radius 1 is 1.00 bits per heavy atom. The topological polar surface area (TPSA) is 89.3 Å². The average Bonchev–Trinajstić information content (AvgIpc) is 3.29. The van der Waals surface area contributed by atoms with Crippen LogP contribution in [0.3, 0.4) is 0 Å². The third-order valence-corrected chi connectivity index (χ3v) is 6.08. The zero-order valence-electron chi connectivity index (χ0n) is 16.4. The molecule has 6 nitrogen and oxygen atoms in total. The van der Waals surface area contributed by atoms with Gasteiger partial charge in [0.25, 0.3) is 5.91 Å². The van der Waals surface area contributed by atoms with Gasteiger partial charge in [-0.3, -0.25) is 4.79 Å². The van der Waals surface area contributed by atoms with Gasteiger partial charge in [-0.1, -0.05) is 41.9 Å². The molecule has 0 spiro atoms. The number of sulfone groups is 1. The number of amides is 1. The average molecular weight is 453 g/mol. The van der Waals surface area contributed by atoms with Crippen molar-refractivity contribution in [2.75, 3.05) is 11.6 Å². The lowest BCUT2D eigenvalue weighted by molar-refractivity contribution is 0.102. The maximum Gasteiger partial charge on any atom is 0.256 e. The molecule has 0 fully saturated rings. The third kappa shape index (κ3) is 4.52. The molecule has 0 aliphatic rings. The van der Waals surface area contributed by atoms with E-state index in [0.29, 0.717) is 33.3 Å². The monoisotopic (exact) mass is 452 g/mol. The SMILES string of the molecule is CS(=O)(=O)c1ccc(C(=O)Nc2ccc(Cl)c(-c3ncco3)c2)c(-c2ccccc2)c1. The standard InChI is InChI=1S/C23H17ClN2O4S/c1-31(28,29)17-8-9-18(19(14-17)15-5-3-2-4-6-15)22(27)26-16-7-10-21(24)20(13-16)23-25-11-12-30-23/h2-14H,1H3,(H,26,27). The summed E-state index contributed by atoms with van der Waals surface area (Å²) in [5, 5.41) is 3.27. The molecule has 0 unspecified atom stereocenters. The lowest BCUT2D eigenvalue weighted by atomic mass is 9.99. The van der Waals surface area contributed by atoms with E-state index in [1.165, 1.54) is 30.7 Å². The molecule has 3 aromatic carbocycles. The van der Waals surface area contributed by atoms with Crippen molar-refractivity contribution >= 4 is 33.0 Å². The fourth-order valence-electron chi connectivity index (χ4n) is 3.13. The minimum absolute atomic E-state index is 0.139. The van der Waals surface area contributed by atoms with Gasteiger partial charge in [0.05, 0.1) is 21.7 Å². The van der Waals surface area contributed by atoms with Gasteiger partial charge in [-0.05, 0) is 47.5 Å². The van der Waals surface area contributed by atoms with Crippen LogP contribution in [0.5, 0.6) is 0 Å². The number of hydrogen-bond donors (Lipinski definition) is 1. The van der Waals surface area contributed by atoms with Crippen LogP contribution in [-0.4, -0.2) is 25.6 Å². The zero-order chi connectivity index (χ0) is 22.0. The number of hydrogen-bond acceptors (Lipinski definition) is 5. The highest BCUT2D eigenvalue weighted by molar-refractivity contribution is 7.90. The number of anilines is 1. The van der Waals surface area contributed by atoms with Gasteiger partial charge in [-0.25, -0.2) is 13.4 Å². The molecule has 1 amide bonds. The molecule has 0 atom stereocenters. The van der Waals surface area contributed by atoms with E-state index in [1.807, 2.05) is 30.3 Å². The van der Waals surface area contributed by atoms with Crippen LogP contribution in [0.1, 0.15) is 10.4 Å². The molecule has 0 bridgehead atoms. The van der Waals surface area contributed by atoms with Crippen molar-refractivity contribution in [1.82, 2.24) is 4.98 Å². The summed E-state index contributed by atoms with van der Waals surface area (Å²) in [5.74, 6) is -0.0526. The maximum atomic E-state index is 13.1. The van der Waals surface area contributed by atoms with Crippen molar-refractivity contribution < 1.29 is 17.6 Å². The van der Waals surface area contributed by atoms with Gasteiger partial charge >= 0.3 is 0 Å². The third-order valence-electron chi connectivity index (χ3n) is 4.64. The van der Waals surface area contributed by atoms with Crippen molar-refractivity contribution in [3.05, 3.63) is 89.8 Å². The van der Waals surface area contributed by atoms with Gasteiger partial charge in [-0.2, -0.15) is 0 Å². The molecular weight excluding hydrogens is 436 g/mol. The quantitative estimate of drug-likeness (QED) is 0.442. The number of carbonyl (C=O) groups is 1. The molecular formula is C23H17ClN2O4S. The van der Waals surface area contributed by atoms with Crippen LogP contribution in [0.25, 0.3) is 22.6 Å². The van der Waals surface area contributed by atoms with Crippen molar-refractivity contribution in [2.24, 2.45) is 0 Å². The smallest absolute Gasteiger partial charge is 0.256 e. The molecule has 31 heavy (non-hydrogen) atoms. The van der Waals surface area contributed by atoms with Crippen molar-refractivity contribution in [3.8, 4) is 22.6 Å². The van der Waals surface area contributed by atoms with Crippen LogP contribution in [0.4, 0.5) is 5.69 Å². The Bertz CT molecular complexity index is 1350. The number of nitrogens with zero attached hydrogens (tertiary/aromatic N) is 1. The normalized spacial score (nSPS) is 11.3. The van der Waals surface area contributed by atoms with Crippen molar-refractivity contribution in [3.63, 3.8) is 0 Å². The Morgan fingerprint density at radius 2 is 1.77 bits per heavy atom. The molecule has 1 heterocycles. The highest BCUT2D eigenvalue weighted by Gasteiger charge is 2.18. The molecule has 4 rings (SSSR count). The summed E-state index contributed by atoms with van der Waals surface area (Å²) < 4.78 is 29.4. The molecule has 156 valence electrons. The Morgan fingerprint density at radius 3 is 2.45 bits per heavy atom. The van der Waals surface area contributed by atoms with Gasteiger partial charge in [0.15, 0.2) is 9.84 Å². The predicted molar refractivity (Wildman–Crippen MR) is 120 cm³/mol. The molecule has 0 radical (unpaired) electrons. The van der Waals surface area contributed by atoms with E-state index in [1.54, 1.807) is 18.2 Å². The summed E-state index contributed by atoms with van der Waals surface area (Å²) >= 11 is 6.24. The van der Waals surface area contributed by atoms with Gasteiger partial charge in [0.1, 0.15) is 6.26 Å². The van der Waals surface area contributed by atoms with Gasteiger partial charge in [-0.15, -0.1) is 0 Å². The molecule has 0 saturated heterocycles.